The van der Waals surface area contributed by atoms with Crippen LogP contribution in [0.3, 0.4) is 0 Å². The zero-order valence-electron chi connectivity index (χ0n) is 28.8. The second-order valence-electron chi connectivity index (χ2n) is 12.7. The number of carbonyl (C=O) groups excluding carboxylic acids is 3. The van der Waals surface area contributed by atoms with Crippen LogP contribution in [0.25, 0.3) is 22.0 Å². The number of rotatable bonds is 14. The fourth-order valence-corrected chi connectivity index (χ4v) is 7.05. The number of pyridine rings is 1. The zero-order chi connectivity index (χ0) is 33.7. The number of nitrogens with zero attached hydrogens (tertiary/aromatic N) is 1. The first kappa shape index (κ1) is 34.1. The highest BCUT2D eigenvalue weighted by Crippen LogP contribution is 2.40. The molecule has 2 aliphatic rings. The molecule has 2 aromatic carbocycles. The van der Waals surface area contributed by atoms with Gasteiger partial charge >= 0.3 is 5.97 Å². The number of ketones is 2. The van der Waals surface area contributed by atoms with E-state index in [-0.39, 0.29) is 24.0 Å². The number of aromatic nitrogens is 1. The van der Waals surface area contributed by atoms with Gasteiger partial charge in [-0.15, -0.1) is 0 Å². The van der Waals surface area contributed by atoms with Gasteiger partial charge in [0.2, 0.25) is 5.69 Å². The van der Waals surface area contributed by atoms with Crippen molar-refractivity contribution in [1.29, 1.82) is 0 Å². The van der Waals surface area contributed by atoms with Crippen molar-refractivity contribution in [3.05, 3.63) is 75.5 Å². The van der Waals surface area contributed by atoms with Crippen molar-refractivity contribution in [2.45, 2.75) is 98.4 Å². The van der Waals surface area contributed by atoms with E-state index >= 15 is 0 Å². The molecule has 7 nitrogen and oxygen atoms in total. The lowest BCUT2D eigenvalue weighted by Crippen LogP contribution is -2.41. The monoisotopic (exact) mass is 638 g/mol. The lowest BCUT2D eigenvalue weighted by Gasteiger charge is -2.22. The largest absolute Gasteiger partial charge is 0.493 e. The van der Waals surface area contributed by atoms with Crippen LogP contribution in [0.2, 0.25) is 0 Å². The topological polar surface area (TPSA) is 82.8 Å². The first-order valence-corrected chi connectivity index (χ1v) is 17.1. The maximum Gasteiger partial charge on any atom is 0.310 e. The third-order valence-corrected chi connectivity index (χ3v) is 9.88. The molecule has 0 fully saturated rings. The fourth-order valence-electron chi connectivity index (χ4n) is 7.05. The quantitative estimate of drug-likeness (QED) is 0.0796. The van der Waals surface area contributed by atoms with Gasteiger partial charge in [-0.3, -0.25) is 14.4 Å². The third kappa shape index (κ3) is 7.04. The number of esters is 1. The van der Waals surface area contributed by atoms with Gasteiger partial charge in [-0.25, -0.2) is 0 Å². The number of carbonyl (C=O) groups is 3. The summed E-state index contributed by atoms with van der Waals surface area (Å²) in [6, 6.07) is 8.63. The zero-order valence-corrected chi connectivity index (χ0v) is 28.8. The average Bonchev–Trinajstić information content (AvgIpc) is 3.08. The number of allylic oxidation sites excluding steroid dienone is 4. The maximum absolute atomic E-state index is 13.4. The molecule has 0 atom stereocenters. The van der Waals surface area contributed by atoms with Crippen LogP contribution >= 0.6 is 0 Å². The van der Waals surface area contributed by atoms with E-state index in [0.717, 1.165) is 79.9 Å². The molecule has 0 spiro atoms. The molecule has 0 saturated heterocycles. The Kier molecular flexibility index (Phi) is 10.9. The number of hydrogen-bond acceptors (Lipinski definition) is 6. The Hall–Kier alpha value is -4.26. The van der Waals surface area contributed by atoms with Gasteiger partial charge in [0.05, 0.1) is 38.2 Å². The highest BCUT2D eigenvalue weighted by molar-refractivity contribution is 6.22. The Labute approximate surface area is 278 Å². The van der Waals surface area contributed by atoms with Crippen LogP contribution in [0.15, 0.2) is 53.3 Å². The number of fused-ring (bicyclic) bond motifs is 4. The molecule has 5 rings (SSSR count). The first-order chi connectivity index (χ1) is 22.7. The van der Waals surface area contributed by atoms with Crippen LogP contribution < -0.4 is 14.0 Å². The molecule has 1 aliphatic heterocycles. The van der Waals surface area contributed by atoms with Crippen molar-refractivity contribution in [3.8, 4) is 22.8 Å². The van der Waals surface area contributed by atoms with Crippen LogP contribution in [0.4, 0.5) is 0 Å². The molecule has 0 amide bonds. The van der Waals surface area contributed by atoms with Gasteiger partial charge in [0.1, 0.15) is 0 Å². The Bertz CT molecular complexity index is 1780. The lowest BCUT2D eigenvalue weighted by atomic mass is 9.86. The third-order valence-electron chi connectivity index (χ3n) is 9.88. The number of methoxy groups -OCH3 is 2. The van der Waals surface area contributed by atoms with E-state index in [2.05, 4.69) is 36.7 Å². The highest BCUT2D eigenvalue weighted by Gasteiger charge is 2.32. The molecule has 0 radical (unpaired) electrons. The number of Topliss-reactive ketones (excluding diaryl/α,β-unsaturated/α-hetero) is 1. The van der Waals surface area contributed by atoms with Crippen molar-refractivity contribution >= 4 is 28.3 Å². The van der Waals surface area contributed by atoms with Crippen molar-refractivity contribution in [2.24, 2.45) is 0 Å². The molecule has 0 unspecified atom stereocenters. The second kappa shape index (κ2) is 15.1. The minimum Gasteiger partial charge on any atom is -0.493 e. The second-order valence-corrected chi connectivity index (χ2v) is 12.7. The molecule has 0 saturated carbocycles. The van der Waals surface area contributed by atoms with Crippen molar-refractivity contribution in [1.82, 2.24) is 0 Å². The summed E-state index contributed by atoms with van der Waals surface area (Å²) in [5, 5.41) is 1.88. The molecule has 248 valence electrons. The van der Waals surface area contributed by atoms with Crippen molar-refractivity contribution in [3.63, 3.8) is 0 Å². The van der Waals surface area contributed by atoms with Crippen molar-refractivity contribution < 1.29 is 33.2 Å². The highest BCUT2D eigenvalue weighted by atomic mass is 16.5. The van der Waals surface area contributed by atoms with Gasteiger partial charge in [-0.05, 0) is 86.9 Å². The molecular weight excluding hydrogens is 590 g/mol. The molecule has 1 aliphatic carbocycles. The number of unbranched alkanes of at least 4 members (excludes halogenated alkanes) is 4. The Balaban J connectivity index is 1.27. The number of ether oxygens (including phenoxy) is 3. The molecule has 2 heterocycles. The summed E-state index contributed by atoms with van der Waals surface area (Å²) in [6.07, 6.45) is 11.8. The molecule has 47 heavy (non-hydrogen) atoms. The molecule has 0 N–H and O–H groups in total. The van der Waals surface area contributed by atoms with Gasteiger partial charge < -0.3 is 14.2 Å². The normalized spacial score (nSPS) is 14.2. The first-order valence-electron chi connectivity index (χ1n) is 17.1. The average molecular weight is 639 g/mol. The van der Waals surface area contributed by atoms with E-state index in [1.54, 1.807) is 28.1 Å². The van der Waals surface area contributed by atoms with Crippen LogP contribution in [0.1, 0.15) is 88.5 Å². The Morgan fingerprint density at radius 2 is 1.60 bits per heavy atom. The van der Waals surface area contributed by atoms with Crippen LogP contribution in [-0.2, 0) is 51.3 Å². The summed E-state index contributed by atoms with van der Waals surface area (Å²) < 4.78 is 19.5. The summed E-state index contributed by atoms with van der Waals surface area (Å²) in [6.45, 7) is 9.03. The van der Waals surface area contributed by atoms with E-state index in [1.165, 1.54) is 28.3 Å². The van der Waals surface area contributed by atoms with E-state index in [1.807, 2.05) is 12.1 Å². The smallest absolute Gasteiger partial charge is 0.310 e. The summed E-state index contributed by atoms with van der Waals surface area (Å²) in [5.74, 6) is 1.02. The number of hydrogen-bond donors (Lipinski definition) is 0. The van der Waals surface area contributed by atoms with Gasteiger partial charge in [0.25, 0.3) is 0 Å². The Morgan fingerprint density at radius 3 is 2.32 bits per heavy atom. The minimum absolute atomic E-state index is 0.00236. The van der Waals surface area contributed by atoms with Crippen LogP contribution in [0, 0.1) is 0 Å². The van der Waals surface area contributed by atoms with Gasteiger partial charge in [-0.2, -0.15) is 4.57 Å². The summed E-state index contributed by atoms with van der Waals surface area (Å²) in [4.78, 5) is 38.0. The van der Waals surface area contributed by atoms with Crippen LogP contribution in [0.5, 0.6) is 11.5 Å². The predicted octanol–water partition coefficient (Wildman–Crippen LogP) is 7.33. The number of benzene rings is 2. The summed E-state index contributed by atoms with van der Waals surface area (Å²) in [5.41, 5.74) is 9.02. The summed E-state index contributed by atoms with van der Waals surface area (Å²) in [7, 11) is 3.29. The lowest BCUT2D eigenvalue weighted by molar-refractivity contribution is -0.686. The number of aryl methyl sites for hydroxylation is 4. The van der Waals surface area contributed by atoms with Crippen LogP contribution in [-0.4, -0.2) is 38.4 Å². The molecule has 7 heteroatoms. The van der Waals surface area contributed by atoms with Gasteiger partial charge in [-0.1, -0.05) is 39.2 Å². The minimum atomic E-state index is -0.241. The molecule has 3 aromatic rings. The standard InChI is InChI=1S/C40H48NO6/c1-7-27-20-29-17-18-41-24-34-31(15-16-36(45-5)40(34)46-6)33(38(41)32(29)21-28(27)8-2)23-37(43)47-19-13-11-9-10-12-14-30-22-35(42)25(3)26(4)39(30)44/h15-16,20-22,24H,7-14,17-19,23H2,1-6H3/q+1. The Morgan fingerprint density at radius 1 is 0.872 bits per heavy atom. The van der Waals surface area contributed by atoms with Crippen molar-refractivity contribution in [2.75, 3.05) is 20.8 Å². The van der Waals surface area contributed by atoms with E-state index in [0.29, 0.717) is 41.2 Å². The molecular formula is C40H48NO6+. The molecule has 1 aromatic heterocycles. The summed E-state index contributed by atoms with van der Waals surface area (Å²) >= 11 is 0. The predicted molar refractivity (Wildman–Crippen MR) is 184 cm³/mol. The van der Waals surface area contributed by atoms with Gasteiger partial charge in [0.15, 0.2) is 35.8 Å². The van der Waals surface area contributed by atoms with E-state index < -0.39 is 0 Å². The van der Waals surface area contributed by atoms with E-state index in [4.69, 9.17) is 14.2 Å². The SMILES string of the molecule is CCc1cc2c(cc1CC)-c1c(CC(=O)OCCCCCCCC3=CC(=O)C(C)=C(C)C3=O)c3ccc(OC)c(OC)c3c[n+]1CC2. The van der Waals surface area contributed by atoms with E-state index in [9.17, 15) is 14.4 Å². The molecule has 0 bridgehead atoms. The maximum atomic E-state index is 13.4. The van der Waals surface area contributed by atoms with Gasteiger partial charge in [0, 0.05) is 34.1 Å². The fraction of sp³-hybridized carbons (Fsp3) is 0.450.